The summed E-state index contributed by atoms with van der Waals surface area (Å²) >= 11 is 0. The van der Waals surface area contributed by atoms with E-state index in [-0.39, 0.29) is 0 Å². The Morgan fingerprint density at radius 3 is 2.59 bits per heavy atom. The van der Waals surface area contributed by atoms with Crippen molar-refractivity contribution in [2.75, 3.05) is 10.6 Å². The molecule has 3 N–H and O–H groups in total. The first-order chi connectivity index (χ1) is 17.9. The molecular formula is C29H30N6O2. The van der Waals surface area contributed by atoms with Crippen molar-refractivity contribution in [1.82, 2.24) is 14.5 Å². The normalized spacial score (nSPS) is 11.5. The van der Waals surface area contributed by atoms with E-state index in [1.165, 1.54) is 0 Å². The number of carboxylic acids is 1. The fraction of sp³-hybridized carbons (Fsp3) is 0.241. The standard InChI is InChI=1S/C29H30N6O2/c1-4-23-13-22(15-30)12-20(3)28(23)34-26(29(36)37)14-21-5-7-25(8-6-21)35-17-24(33-18-35)16-32-27-11-19(2)9-10-31-27/h5-13,17-18,26,34H,4,14,16H2,1-3H3,(H,31,32)(H,36,37). The van der Waals surface area contributed by atoms with E-state index in [9.17, 15) is 15.2 Å². The van der Waals surface area contributed by atoms with E-state index in [1.807, 2.05) is 74.0 Å². The molecule has 2 aromatic heterocycles. The quantitative estimate of drug-likeness (QED) is 0.283. The van der Waals surface area contributed by atoms with Gasteiger partial charge >= 0.3 is 5.97 Å². The van der Waals surface area contributed by atoms with Crippen molar-refractivity contribution in [3.8, 4) is 11.8 Å². The average Bonchev–Trinajstić information content (AvgIpc) is 3.37. The Balaban J connectivity index is 1.43. The van der Waals surface area contributed by atoms with Crippen molar-refractivity contribution in [3.63, 3.8) is 0 Å². The van der Waals surface area contributed by atoms with Crippen LogP contribution in [0.4, 0.5) is 11.5 Å². The highest BCUT2D eigenvalue weighted by Gasteiger charge is 2.20. The monoisotopic (exact) mass is 494 g/mol. The number of aromatic nitrogens is 3. The first-order valence-electron chi connectivity index (χ1n) is 12.2. The van der Waals surface area contributed by atoms with Crippen LogP contribution in [0.25, 0.3) is 5.69 Å². The molecule has 2 heterocycles. The molecule has 0 aliphatic heterocycles. The highest BCUT2D eigenvalue weighted by atomic mass is 16.4. The van der Waals surface area contributed by atoms with Crippen LogP contribution in [0.15, 0.2) is 67.3 Å². The maximum atomic E-state index is 12.1. The molecule has 0 saturated heterocycles. The minimum atomic E-state index is -0.926. The zero-order chi connectivity index (χ0) is 26.4. The first kappa shape index (κ1) is 25.5. The van der Waals surface area contributed by atoms with Crippen molar-refractivity contribution < 1.29 is 9.90 Å². The highest BCUT2D eigenvalue weighted by molar-refractivity contribution is 5.79. The molecule has 0 spiro atoms. The molecule has 0 amide bonds. The maximum absolute atomic E-state index is 12.1. The number of carboxylic acid groups (broad SMARTS) is 1. The Morgan fingerprint density at radius 2 is 1.92 bits per heavy atom. The lowest BCUT2D eigenvalue weighted by Gasteiger charge is -2.20. The molecule has 4 rings (SSSR count). The van der Waals surface area contributed by atoms with Crippen LogP contribution in [0.1, 0.15) is 40.4 Å². The van der Waals surface area contributed by atoms with Gasteiger partial charge in [0.15, 0.2) is 0 Å². The van der Waals surface area contributed by atoms with Crippen LogP contribution in [-0.4, -0.2) is 31.7 Å². The summed E-state index contributed by atoms with van der Waals surface area (Å²) in [6, 6.07) is 16.7. The molecule has 1 unspecified atom stereocenters. The predicted molar refractivity (Wildman–Crippen MR) is 144 cm³/mol. The van der Waals surface area contributed by atoms with Gasteiger partial charge in [0.1, 0.15) is 11.9 Å². The second kappa shape index (κ2) is 11.4. The lowest BCUT2D eigenvalue weighted by atomic mass is 9.99. The zero-order valence-electron chi connectivity index (χ0n) is 21.2. The molecule has 0 radical (unpaired) electrons. The second-order valence-electron chi connectivity index (χ2n) is 9.04. The molecule has 0 saturated carbocycles. The lowest BCUT2D eigenvalue weighted by Crippen LogP contribution is -2.32. The molecule has 1 atom stereocenters. The fourth-order valence-electron chi connectivity index (χ4n) is 4.23. The zero-order valence-corrected chi connectivity index (χ0v) is 21.2. The number of carbonyl (C=O) groups is 1. The summed E-state index contributed by atoms with van der Waals surface area (Å²) in [7, 11) is 0. The van der Waals surface area contributed by atoms with E-state index >= 15 is 0 Å². The third kappa shape index (κ3) is 6.33. The molecule has 0 aliphatic carbocycles. The average molecular weight is 495 g/mol. The molecule has 0 bridgehead atoms. The smallest absolute Gasteiger partial charge is 0.326 e. The Labute approximate surface area is 216 Å². The van der Waals surface area contributed by atoms with Crippen LogP contribution in [0, 0.1) is 25.2 Å². The summed E-state index contributed by atoms with van der Waals surface area (Å²) in [6.45, 7) is 6.47. The number of pyridine rings is 1. The van der Waals surface area contributed by atoms with E-state index in [0.717, 1.165) is 45.1 Å². The predicted octanol–water partition coefficient (Wildman–Crippen LogP) is 5.04. The van der Waals surface area contributed by atoms with Crippen LogP contribution in [0.2, 0.25) is 0 Å². The summed E-state index contributed by atoms with van der Waals surface area (Å²) < 4.78 is 1.94. The van der Waals surface area contributed by atoms with E-state index < -0.39 is 12.0 Å². The third-order valence-corrected chi connectivity index (χ3v) is 6.22. The molecule has 37 heavy (non-hydrogen) atoms. The van der Waals surface area contributed by atoms with Gasteiger partial charge in [-0.3, -0.25) is 0 Å². The molecule has 4 aromatic rings. The molecular weight excluding hydrogens is 464 g/mol. The van der Waals surface area contributed by atoms with Gasteiger partial charge in [-0.2, -0.15) is 5.26 Å². The van der Waals surface area contributed by atoms with E-state index in [2.05, 4.69) is 26.7 Å². The third-order valence-electron chi connectivity index (χ3n) is 6.22. The van der Waals surface area contributed by atoms with Crippen molar-refractivity contribution >= 4 is 17.5 Å². The number of aliphatic carboxylic acids is 1. The molecule has 0 fully saturated rings. The number of anilines is 2. The van der Waals surface area contributed by atoms with Crippen molar-refractivity contribution in [1.29, 1.82) is 5.26 Å². The van der Waals surface area contributed by atoms with Crippen molar-refractivity contribution in [2.24, 2.45) is 0 Å². The number of nitrogens with one attached hydrogen (secondary N) is 2. The van der Waals surface area contributed by atoms with Gasteiger partial charge in [0.2, 0.25) is 0 Å². The van der Waals surface area contributed by atoms with Crippen LogP contribution in [0.5, 0.6) is 0 Å². The highest BCUT2D eigenvalue weighted by Crippen LogP contribution is 2.25. The van der Waals surface area contributed by atoms with Gasteiger partial charge in [-0.1, -0.05) is 19.1 Å². The minimum Gasteiger partial charge on any atom is -0.480 e. The van der Waals surface area contributed by atoms with Gasteiger partial charge in [-0.25, -0.2) is 14.8 Å². The van der Waals surface area contributed by atoms with Gasteiger partial charge in [-0.15, -0.1) is 0 Å². The summed E-state index contributed by atoms with van der Waals surface area (Å²) in [4.78, 5) is 20.9. The number of nitriles is 1. The number of rotatable bonds is 10. The molecule has 2 aromatic carbocycles. The van der Waals surface area contributed by atoms with Gasteiger partial charge in [0, 0.05) is 30.2 Å². The maximum Gasteiger partial charge on any atom is 0.326 e. The van der Waals surface area contributed by atoms with Gasteiger partial charge in [-0.05, 0) is 78.9 Å². The van der Waals surface area contributed by atoms with Crippen LogP contribution < -0.4 is 10.6 Å². The topological polar surface area (TPSA) is 116 Å². The first-order valence-corrected chi connectivity index (χ1v) is 12.2. The lowest BCUT2D eigenvalue weighted by molar-refractivity contribution is -0.137. The largest absolute Gasteiger partial charge is 0.480 e. The molecule has 8 nitrogen and oxygen atoms in total. The minimum absolute atomic E-state index is 0.320. The van der Waals surface area contributed by atoms with E-state index in [0.29, 0.717) is 24.9 Å². The van der Waals surface area contributed by atoms with E-state index in [1.54, 1.807) is 18.6 Å². The summed E-state index contributed by atoms with van der Waals surface area (Å²) in [5, 5.41) is 25.6. The Bertz CT molecular complexity index is 1440. The van der Waals surface area contributed by atoms with Gasteiger partial charge < -0.3 is 20.3 Å². The second-order valence-corrected chi connectivity index (χ2v) is 9.04. The molecule has 188 valence electrons. The molecule has 8 heteroatoms. The fourth-order valence-corrected chi connectivity index (χ4v) is 4.23. The van der Waals surface area contributed by atoms with Crippen LogP contribution >= 0.6 is 0 Å². The summed E-state index contributed by atoms with van der Waals surface area (Å²) in [5.74, 6) is -0.118. The van der Waals surface area contributed by atoms with Crippen molar-refractivity contribution in [3.05, 3.63) is 101 Å². The van der Waals surface area contributed by atoms with Crippen LogP contribution in [0.3, 0.4) is 0 Å². The van der Waals surface area contributed by atoms with Gasteiger partial charge in [0.25, 0.3) is 0 Å². The SMILES string of the molecule is CCc1cc(C#N)cc(C)c1NC(Cc1ccc(-n2cnc(CNc3cc(C)ccn3)c2)cc1)C(=O)O. The Kier molecular flexibility index (Phi) is 7.84. The number of nitrogens with zero attached hydrogens (tertiary/aromatic N) is 4. The number of hydrogen-bond acceptors (Lipinski definition) is 6. The summed E-state index contributed by atoms with van der Waals surface area (Å²) in [6.07, 6.45) is 6.51. The Morgan fingerprint density at radius 1 is 1.14 bits per heavy atom. The van der Waals surface area contributed by atoms with E-state index in [4.69, 9.17) is 0 Å². The van der Waals surface area contributed by atoms with Gasteiger partial charge in [0.05, 0.1) is 30.2 Å². The number of benzene rings is 2. The van der Waals surface area contributed by atoms with Crippen LogP contribution in [-0.2, 0) is 24.2 Å². The number of hydrogen-bond donors (Lipinski definition) is 3. The number of aryl methyl sites for hydroxylation is 3. The molecule has 0 aliphatic rings. The van der Waals surface area contributed by atoms with Crippen molar-refractivity contribution in [2.45, 2.75) is 46.2 Å². The Hall–Kier alpha value is -4.64. The summed E-state index contributed by atoms with van der Waals surface area (Å²) in [5.41, 5.74) is 7.02. The number of imidazole rings is 1.